The molecule has 2 aliphatic heterocycles. The predicted molar refractivity (Wildman–Crippen MR) is 100 cm³/mol. The molecule has 1 amide bonds. The van der Waals surface area contributed by atoms with Gasteiger partial charge < -0.3 is 0 Å². The molecule has 5 nitrogen and oxygen atoms in total. The maximum absolute atomic E-state index is 13.9. The van der Waals surface area contributed by atoms with Crippen molar-refractivity contribution in [1.82, 2.24) is 14.4 Å². The van der Waals surface area contributed by atoms with E-state index in [4.69, 9.17) is 0 Å². The number of benzene rings is 1. The molecule has 0 bridgehead atoms. The molecule has 2 saturated heterocycles. The summed E-state index contributed by atoms with van der Waals surface area (Å²) in [4.78, 5) is 12.7. The van der Waals surface area contributed by atoms with Crippen LogP contribution in [-0.4, -0.2) is 41.4 Å². The molecule has 2 aliphatic rings. The lowest BCUT2D eigenvalue weighted by Gasteiger charge is -2.42. The lowest BCUT2D eigenvalue weighted by Crippen LogP contribution is -2.44. The molecule has 0 atom stereocenters. The van der Waals surface area contributed by atoms with E-state index in [0.717, 1.165) is 56.3 Å². The lowest BCUT2D eigenvalue weighted by molar-refractivity contribution is 0.0972. The average molecular weight is 414 g/mol. The van der Waals surface area contributed by atoms with Crippen LogP contribution in [0.5, 0.6) is 0 Å². The van der Waals surface area contributed by atoms with Crippen LogP contribution in [0.25, 0.3) is 0 Å². The summed E-state index contributed by atoms with van der Waals surface area (Å²) in [5.41, 5.74) is 0.549. The molecule has 0 saturated carbocycles. The number of hydrogen-bond donors (Lipinski definition) is 1. The maximum Gasteiger partial charge on any atom is 0.311 e. The van der Waals surface area contributed by atoms with E-state index in [0.29, 0.717) is 5.56 Å². The number of carbonyl (C=O) groups is 1. The molecule has 1 aromatic rings. The lowest BCUT2D eigenvalue weighted by atomic mass is 10.2. The maximum atomic E-state index is 13.9. The molecule has 1 aromatic carbocycles. The van der Waals surface area contributed by atoms with Crippen LogP contribution in [0.15, 0.2) is 28.7 Å². The zero-order chi connectivity index (χ0) is 17.0. The highest BCUT2D eigenvalue weighted by Gasteiger charge is 2.40. The van der Waals surface area contributed by atoms with Crippen molar-refractivity contribution in [2.24, 2.45) is 0 Å². The highest BCUT2D eigenvalue weighted by molar-refractivity contribution is 9.10. The van der Waals surface area contributed by atoms with Gasteiger partial charge in [0.1, 0.15) is 0 Å². The first-order valence-electron chi connectivity index (χ1n) is 8.79. The van der Waals surface area contributed by atoms with Crippen molar-refractivity contribution < 1.29 is 9.36 Å². The summed E-state index contributed by atoms with van der Waals surface area (Å²) < 4.78 is 18.9. The summed E-state index contributed by atoms with van der Waals surface area (Å²) in [6, 6.07) is 7.19. The van der Waals surface area contributed by atoms with Crippen LogP contribution in [0, 0.1) is 0 Å². The second-order valence-corrected chi connectivity index (χ2v) is 9.88. The Morgan fingerprint density at radius 3 is 1.79 bits per heavy atom. The van der Waals surface area contributed by atoms with Crippen LogP contribution in [0.4, 0.5) is 0 Å². The van der Waals surface area contributed by atoms with Crippen molar-refractivity contribution in [2.45, 2.75) is 38.5 Å². The van der Waals surface area contributed by atoms with Gasteiger partial charge in [0.25, 0.3) is 5.91 Å². The third-order valence-electron chi connectivity index (χ3n) is 4.79. The Labute approximate surface area is 152 Å². The molecule has 0 unspecified atom stereocenters. The normalized spacial score (nSPS) is 20.7. The molecule has 0 spiro atoms. The van der Waals surface area contributed by atoms with Crippen LogP contribution < -0.4 is 5.09 Å². The van der Waals surface area contributed by atoms with E-state index in [1.807, 2.05) is 21.5 Å². The minimum absolute atomic E-state index is 0.248. The Bertz CT molecular complexity index is 589. The third-order valence-corrected chi connectivity index (χ3v) is 8.14. The molecule has 24 heavy (non-hydrogen) atoms. The average Bonchev–Trinajstić information content (AvgIpc) is 2.63. The molecule has 132 valence electrons. The summed E-state index contributed by atoms with van der Waals surface area (Å²) >= 11 is 3.38. The first kappa shape index (κ1) is 18.1. The zero-order valence-electron chi connectivity index (χ0n) is 13.9. The van der Waals surface area contributed by atoms with Crippen molar-refractivity contribution in [3.63, 3.8) is 0 Å². The minimum Gasteiger partial charge on any atom is -0.279 e. The van der Waals surface area contributed by atoms with Gasteiger partial charge in [-0.15, -0.1) is 0 Å². The van der Waals surface area contributed by atoms with E-state index in [1.165, 1.54) is 12.8 Å². The van der Waals surface area contributed by atoms with Crippen molar-refractivity contribution in [2.75, 3.05) is 26.2 Å². The SMILES string of the molecule is O=C(NP(=O)(N1CCCCC1)N1CCCCC1)c1ccc(Br)cc1. The van der Waals surface area contributed by atoms with Crippen molar-refractivity contribution in [3.05, 3.63) is 34.3 Å². The van der Waals surface area contributed by atoms with Gasteiger partial charge in [-0.05, 0) is 49.9 Å². The summed E-state index contributed by atoms with van der Waals surface area (Å²) in [5.74, 6) is -0.248. The predicted octanol–water partition coefficient (Wildman–Crippen LogP) is 4.26. The smallest absolute Gasteiger partial charge is 0.279 e. The number of piperidine rings is 2. The van der Waals surface area contributed by atoms with Crippen LogP contribution in [0.1, 0.15) is 48.9 Å². The van der Waals surface area contributed by atoms with Crippen LogP contribution >= 0.6 is 23.5 Å². The van der Waals surface area contributed by atoms with Crippen LogP contribution in [-0.2, 0) is 4.57 Å². The molecular weight excluding hydrogens is 389 g/mol. The monoisotopic (exact) mass is 413 g/mol. The molecule has 2 fully saturated rings. The molecule has 0 aromatic heterocycles. The van der Waals surface area contributed by atoms with E-state index >= 15 is 0 Å². The Morgan fingerprint density at radius 2 is 1.33 bits per heavy atom. The molecule has 3 rings (SSSR count). The molecule has 0 radical (unpaired) electrons. The van der Waals surface area contributed by atoms with Crippen LogP contribution in [0.3, 0.4) is 0 Å². The quantitative estimate of drug-likeness (QED) is 0.749. The summed E-state index contributed by atoms with van der Waals surface area (Å²) in [5, 5.41) is 2.92. The Morgan fingerprint density at radius 1 is 0.875 bits per heavy atom. The van der Waals surface area contributed by atoms with Gasteiger partial charge in [-0.2, -0.15) is 0 Å². The number of halogens is 1. The summed E-state index contributed by atoms with van der Waals surface area (Å²) in [6.45, 7) is 3.20. The zero-order valence-corrected chi connectivity index (χ0v) is 16.4. The number of amides is 1. The van der Waals surface area contributed by atoms with Gasteiger partial charge in [0, 0.05) is 36.2 Å². The highest BCUT2D eigenvalue weighted by atomic mass is 79.9. The van der Waals surface area contributed by atoms with Crippen molar-refractivity contribution >= 4 is 29.4 Å². The topological polar surface area (TPSA) is 52.7 Å². The standard InChI is InChI=1S/C17H25BrN3O2P/c18-16-9-7-15(8-10-16)17(22)19-24(23,20-11-3-1-4-12-20)21-13-5-2-6-14-21/h7-10H,1-6,11-14H2,(H,19,22,23). The fourth-order valence-corrected chi connectivity index (χ4v) is 6.36. The van der Waals surface area contributed by atoms with Gasteiger partial charge in [0.2, 0.25) is 0 Å². The van der Waals surface area contributed by atoms with E-state index in [1.54, 1.807) is 12.1 Å². The number of nitrogens with zero attached hydrogens (tertiary/aromatic N) is 2. The van der Waals surface area contributed by atoms with E-state index < -0.39 is 7.59 Å². The van der Waals surface area contributed by atoms with Gasteiger partial charge in [0.05, 0.1) is 0 Å². The molecule has 7 heteroatoms. The molecular formula is C17H25BrN3O2P. The van der Waals surface area contributed by atoms with Gasteiger partial charge >= 0.3 is 7.59 Å². The Kier molecular flexibility index (Phi) is 6.14. The first-order chi connectivity index (χ1) is 11.6. The van der Waals surface area contributed by atoms with E-state index in [-0.39, 0.29) is 5.91 Å². The van der Waals surface area contributed by atoms with Crippen LogP contribution in [0.2, 0.25) is 0 Å². The van der Waals surface area contributed by atoms with Gasteiger partial charge in [0.15, 0.2) is 0 Å². The largest absolute Gasteiger partial charge is 0.311 e. The number of rotatable bonds is 4. The van der Waals surface area contributed by atoms with E-state index in [9.17, 15) is 9.36 Å². The fourth-order valence-electron chi connectivity index (χ4n) is 3.42. The third kappa shape index (κ3) is 4.10. The van der Waals surface area contributed by atoms with E-state index in [2.05, 4.69) is 21.0 Å². The van der Waals surface area contributed by atoms with Gasteiger partial charge in [-0.3, -0.25) is 14.4 Å². The second kappa shape index (κ2) is 8.13. The molecule has 2 heterocycles. The van der Waals surface area contributed by atoms with Gasteiger partial charge in [-0.1, -0.05) is 28.8 Å². The Balaban J connectivity index is 1.81. The molecule has 0 aliphatic carbocycles. The number of carbonyl (C=O) groups excluding carboxylic acids is 1. The molecule has 1 N–H and O–H groups in total. The van der Waals surface area contributed by atoms with Gasteiger partial charge in [-0.25, -0.2) is 9.34 Å². The van der Waals surface area contributed by atoms with Crippen molar-refractivity contribution in [1.29, 1.82) is 0 Å². The van der Waals surface area contributed by atoms with Crippen molar-refractivity contribution in [3.8, 4) is 0 Å². The number of hydrogen-bond acceptors (Lipinski definition) is 2. The Hall–Kier alpha value is -0.680. The second-order valence-electron chi connectivity index (χ2n) is 6.52. The fraction of sp³-hybridized carbons (Fsp3) is 0.588. The summed E-state index contributed by atoms with van der Waals surface area (Å²) in [7, 11) is -3.05. The highest BCUT2D eigenvalue weighted by Crippen LogP contribution is 2.51. The first-order valence-corrected chi connectivity index (χ1v) is 11.2. The summed E-state index contributed by atoms with van der Waals surface area (Å²) in [6.07, 6.45) is 6.55. The minimum atomic E-state index is -3.05. The number of nitrogens with one attached hydrogen (secondary N) is 1.